The van der Waals surface area contributed by atoms with Gasteiger partial charge in [-0.3, -0.25) is 0 Å². The zero-order chi connectivity index (χ0) is 19.2. The highest BCUT2D eigenvalue weighted by Crippen LogP contribution is 2.36. The van der Waals surface area contributed by atoms with Crippen LogP contribution in [-0.4, -0.2) is 9.13 Å². The molecule has 2 aromatic heterocycles. The summed E-state index contributed by atoms with van der Waals surface area (Å²) in [5.74, 6) is -0.459. The molecule has 6 rings (SSSR count). The van der Waals surface area contributed by atoms with Gasteiger partial charge < -0.3 is 9.13 Å². The molecular weight excluding hydrogens is 354 g/mol. The molecule has 2 nitrogen and oxygen atoms in total. The van der Waals surface area contributed by atoms with Crippen molar-refractivity contribution in [2.24, 2.45) is 14.1 Å². The SMILES string of the molecule is Cn1c2cc(F)ccc2c2cc3cc4c(cc3cc21)c1ccc(F)cc1n4C. The van der Waals surface area contributed by atoms with Gasteiger partial charge in [0.1, 0.15) is 11.6 Å². The van der Waals surface area contributed by atoms with Crippen molar-refractivity contribution in [2.45, 2.75) is 0 Å². The smallest absolute Gasteiger partial charge is 0.125 e. The molecule has 0 bridgehead atoms. The van der Waals surface area contributed by atoms with Gasteiger partial charge >= 0.3 is 0 Å². The highest BCUT2D eigenvalue weighted by Gasteiger charge is 2.14. The molecule has 136 valence electrons. The number of aromatic nitrogens is 2. The summed E-state index contributed by atoms with van der Waals surface area (Å²) in [5, 5.41) is 6.52. The first kappa shape index (κ1) is 15.6. The van der Waals surface area contributed by atoms with E-state index in [2.05, 4.69) is 24.3 Å². The van der Waals surface area contributed by atoms with Gasteiger partial charge in [-0.15, -0.1) is 0 Å². The van der Waals surface area contributed by atoms with Crippen LogP contribution in [0.3, 0.4) is 0 Å². The summed E-state index contributed by atoms with van der Waals surface area (Å²) in [6.45, 7) is 0. The van der Waals surface area contributed by atoms with Crippen LogP contribution in [0.25, 0.3) is 54.4 Å². The zero-order valence-corrected chi connectivity index (χ0v) is 15.4. The third-order valence-corrected chi connectivity index (χ3v) is 6.01. The van der Waals surface area contributed by atoms with Crippen LogP contribution >= 0.6 is 0 Å². The van der Waals surface area contributed by atoms with E-state index in [-0.39, 0.29) is 11.6 Å². The lowest BCUT2D eigenvalue weighted by Crippen LogP contribution is -1.88. The number of rotatable bonds is 0. The first-order chi connectivity index (χ1) is 13.5. The third-order valence-electron chi connectivity index (χ3n) is 6.01. The number of halogens is 2. The molecule has 6 aromatic rings. The number of fused-ring (bicyclic) bond motifs is 7. The second kappa shape index (κ2) is 5.10. The minimum absolute atomic E-state index is 0.229. The van der Waals surface area contributed by atoms with E-state index in [1.54, 1.807) is 12.1 Å². The van der Waals surface area contributed by atoms with Gasteiger partial charge in [-0.1, -0.05) is 0 Å². The quantitative estimate of drug-likeness (QED) is 0.292. The molecule has 0 radical (unpaired) electrons. The summed E-state index contributed by atoms with van der Waals surface area (Å²) in [7, 11) is 3.93. The predicted octanol–water partition coefficient (Wildman–Crippen LogP) is 6.41. The molecular formula is C24H16F2N2. The van der Waals surface area contributed by atoms with Gasteiger partial charge in [-0.2, -0.15) is 0 Å². The monoisotopic (exact) mass is 370 g/mol. The standard InChI is InChI=1S/C24H16F2N2/c1-27-21-9-13-8-20-18-6-4-16(26)12-24(18)28(2)22(20)10-14(13)7-19(21)17-5-3-15(25)11-23(17)27/h3-12H,1-2H3. The third kappa shape index (κ3) is 1.89. The summed E-state index contributed by atoms with van der Waals surface area (Å²) >= 11 is 0. The van der Waals surface area contributed by atoms with Crippen LogP contribution in [0, 0.1) is 11.6 Å². The Kier molecular flexibility index (Phi) is 2.85. The molecule has 0 N–H and O–H groups in total. The van der Waals surface area contributed by atoms with Crippen LogP contribution in [-0.2, 0) is 14.1 Å². The fourth-order valence-corrected chi connectivity index (χ4v) is 4.59. The topological polar surface area (TPSA) is 9.86 Å². The Balaban J connectivity index is 1.79. The molecule has 4 aromatic carbocycles. The summed E-state index contributed by atoms with van der Waals surface area (Å²) in [6.07, 6.45) is 0. The molecule has 0 aliphatic rings. The summed E-state index contributed by atoms with van der Waals surface area (Å²) in [6, 6.07) is 18.5. The van der Waals surface area contributed by atoms with Gasteiger partial charge in [0.15, 0.2) is 0 Å². The maximum atomic E-state index is 13.7. The lowest BCUT2D eigenvalue weighted by atomic mass is 10.0. The lowest BCUT2D eigenvalue weighted by molar-refractivity contribution is 0.628. The second-order valence-corrected chi connectivity index (χ2v) is 7.53. The Bertz CT molecular complexity index is 1480. The molecule has 0 saturated carbocycles. The minimum atomic E-state index is -0.229. The van der Waals surface area contributed by atoms with Gasteiger partial charge in [0.2, 0.25) is 0 Å². The van der Waals surface area contributed by atoms with E-state index in [1.807, 2.05) is 35.4 Å². The van der Waals surface area contributed by atoms with Crippen molar-refractivity contribution in [1.29, 1.82) is 0 Å². The van der Waals surface area contributed by atoms with Crippen LogP contribution in [0.1, 0.15) is 0 Å². The van der Waals surface area contributed by atoms with Crippen molar-refractivity contribution in [3.05, 3.63) is 72.3 Å². The molecule has 2 heterocycles. The molecule has 0 saturated heterocycles. The summed E-state index contributed by atoms with van der Waals surface area (Å²) in [5.41, 5.74) is 3.91. The van der Waals surface area contributed by atoms with Crippen molar-refractivity contribution in [3.8, 4) is 0 Å². The summed E-state index contributed by atoms with van der Waals surface area (Å²) < 4.78 is 31.6. The van der Waals surface area contributed by atoms with Crippen LogP contribution in [0.15, 0.2) is 60.7 Å². The van der Waals surface area contributed by atoms with Crippen molar-refractivity contribution in [2.75, 3.05) is 0 Å². The van der Waals surface area contributed by atoms with Crippen molar-refractivity contribution < 1.29 is 8.78 Å². The Labute approximate surface area is 159 Å². The number of benzene rings is 4. The molecule has 4 heteroatoms. The maximum absolute atomic E-state index is 13.7. The normalized spacial score (nSPS) is 12.3. The van der Waals surface area contributed by atoms with Gasteiger partial charge in [0.05, 0.1) is 11.0 Å². The van der Waals surface area contributed by atoms with E-state index in [9.17, 15) is 8.78 Å². The molecule has 0 atom stereocenters. The molecule has 0 aliphatic heterocycles. The van der Waals surface area contributed by atoms with Gasteiger partial charge in [0, 0.05) is 46.7 Å². The number of nitrogens with zero attached hydrogens (tertiary/aromatic N) is 2. The van der Waals surface area contributed by atoms with Crippen LogP contribution < -0.4 is 0 Å². The van der Waals surface area contributed by atoms with Crippen molar-refractivity contribution in [1.82, 2.24) is 9.13 Å². The zero-order valence-electron chi connectivity index (χ0n) is 15.4. The predicted molar refractivity (Wildman–Crippen MR) is 112 cm³/mol. The first-order valence-corrected chi connectivity index (χ1v) is 9.20. The molecule has 0 amide bonds. The Morgan fingerprint density at radius 1 is 0.500 bits per heavy atom. The highest BCUT2D eigenvalue weighted by atomic mass is 19.1. The summed E-state index contributed by atoms with van der Waals surface area (Å²) in [4.78, 5) is 0. The van der Waals surface area contributed by atoms with E-state index in [1.165, 1.54) is 12.1 Å². The Morgan fingerprint density at radius 2 is 0.893 bits per heavy atom. The van der Waals surface area contributed by atoms with Gasteiger partial charge in [-0.05, 0) is 71.4 Å². The van der Waals surface area contributed by atoms with Gasteiger partial charge in [0.25, 0.3) is 0 Å². The number of hydrogen-bond acceptors (Lipinski definition) is 0. The van der Waals surface area contributed by atoms with Crippen LogP contribution in [0.5, 0.6) is 0 Å². The second-order valence-electron chi connectivity index (χ2n) is 7.53. The average Bonchev–Trinajstić information content (AvgIpc) is 3.10. The van der Waals surface area contributed by atoms with E-state index < -0.39 is 0 Å². The van der Waals surface area contributed by atoms with Crippen molar-refractivity contribution >= 4 is 54.4 Å². The maximum Gasteiger partial charge on any atom is 0.125 e. The molecule has 0 fully saturated rings. The molecule has 0 aliphatic carbocycles. The van der Waals surface area contributed by atoms with Crippen molar-refractivity contribution in [3.63, 3.8) is 0 Å². The first-order valence-electron chi connectivity index (χ1n) is 9.20. The van der Waals surface area contributed by atoms with Gasteiger partial charge in [-0.25, -0.2) is 8.78 Å². The van der Waals surface area contributed by atoms with E-state index in [0.717, 1.165) is 54.4 Å². The van der Waals surface area contributed by atoms with E-state index in [0.29, 0.717) is 0 Å². The Hall–Kier alpha value is -3.40. The Morgan fingerprint density at radius 3 is 1.32 bits per heavy atom. The molecule has 0 spiro atoms. The van der Waals surface area contributed by atoms with Crippen LogP contribution in [0.2, 0.25) is 0 Å². The average molecular weight is 370 g/mol. The lowest BCUT2D eigenvalue weighted by Gasteiger charge is -2.04. The molecule has 28 heavy (non-hydrogen) atoms. The van der Waals surface area contributed by atoms with E-state index in [4.69, 9.17) is 0 Å². The minimum Gasteiger partial charge on any atom is -0.344 e. The largest absolute Gasteiger partial charge is 0.344 e. The van der Waals surface area contributed by atoms with E-state index >= 15 is 0 Å². The fraction of sp³-hybridized carbons (Fsp3) is 0.0833. The molecule has 0 unspecified atom stereocenters. The fourth-order valence-electron chi connectivity index (χ4n) is 4.59. The number of aryl methyl sites for hydroxylation is 2. The number of hydrogen-bond donors (Lipinski definition) is 0. The highest BCUT2D eigenvalue weighted by molar-refractivity contribution is 6.17. The van der Waals surface area contributed by atoms with Crippen LogP contribution in [0.4, 0.5) is 8.78 Å².